The fourth-order valence-electron chi connectivity index (χ4n) is 1.97. The zero-order valence-corrected chi connectivity index (χ0v) is 12.6. The van der Waals surface area contributed by atoms with Gasteiger partial charge in [0.15, 0.2) is 10.6 Å². The van der Waals surface area contributed by atoms with Crippen molar-refractivity contribution >= 4 is 23.8 Å². The highest BCUT2D eigenvalue weighted by atomic mass is 35.5. The molecule has 0 unspecified atom stereocenters. The van der Waals surface area contributed by atoms with Crippen LogP contribution in [-0.2, 0) is 6.61 Å². The van der Waals surface area contributed by atoms with Gasteiger partial charge in [0.1, 0.15) is 12.4 Å². The molecule has 0 saturated heterocycles. The molecule has 0 spiro atoms. The smallest absolute Gasteiger partial charge is 0.199 e. The number of aromatic nitrogens is 3. The third kappa shape index (κ3) is 3.15. The summed E-state index contributed by atoms with van der Waals surface area (Å²) >= 11 is 11.3. The number of ether oxygens (including phenoxy) is 1. The van der Waals surface area contributed by atoms with Crippen LogP contribution in [-0.4, -0.2) is 14.8 Å². The van der Waals surface area contributed by atoms with Gasteiger partial charge in [-0.2, -0.15) is 5.10 Å². The molecule has 0 bridgehead atoms. The molecule has 0 aliphatic carbocycles. The summed E-state index contributed by atoms with van der Waals surface area (Å²) in [4.78, 5) is 0. The Morgan fingerprint density at radius 3 is 2.71 bits per heavy atom. The van der Waals surface area contributed by atoms with Gasteiger partial charge in [0.25, 0.3) is 0 Å². The van der Waals surface area contributed by atoms with Gasteiger partial charge < -0.3 is 4.74 Å². The van der Waals surface area contributed by atoms with Crippen LogP contribution in [0.25, 0.3) is 5.69 Å². The molecule has 0 radical (unpaired) electrons. The molecule has 1 N–H and O–H groups in total. The standard InChI is InChI=1S/C15H12ClN3OS/c16-11-5-4-6-12(9-11)19-14(17-18-15(19)21)10-20-13-7-2-1-3-8-13/h1-9H,10H2,(H,18,21). The van der Waals surface area contributed by atoms with Crippen molar-refractivity contribution in [2.75, 3.05) is 0 Å². The maximum Gasteiger partial charge on any atom is 0.199 e. The van der Waals surface area contributed by atoms with Crippen LogP contribution in [0, 0.1) is 4.77 Å². The van der Waals surface area contributed by atoms with Crippen molar-refractivity contribution in [3.05, 3.63) is 70.2 Å². The van der Waals surface area contributed by atoms with E-state index in [2.05, 4.69) is 10.2 Å². The molecule has 0 atom stereocenters. The van der Waals surface area contributed by atoms with E-state index in [0.717, 1.165) is 11.4 Å². The van der Waals surface area contributed by atoms with E-state index < -0.39 is 0 Å². The molecular formula is C15H12ClN3OS. The zero-order valence-electron chi connectivity index (χ0n) is 11.0. The maximum atomic E-state index is 6.03. The van der Waals surface area contributed by atoms with Gasteiger partial charge in [-0.05, 0) is 42.5 Å². The van der Waals surface area contributed by atoms with Crippen molar-refractivity contribution < 1.29 is 4.74 Å². The molecule has 4 nitrogen and oxygen atoms in total. The summed E-state index contributed by atoms with van der Waals surface area (Å²) in [7, 11) is 0. The normalized spacial score (nSPS) is 10.5. The molecule has 0 amide bonds. The minimum absolute atomic E-state index is 0.309. The predicted molar refractivity (Wildman–Crippen MR) is 84.5 cm³/mol. The van der Waals surface area contributed by atoms with Gasteiger partial charge in [-0.15, -0.1) is 0 Å². The highest BCUT2D eigenvalue weighted by Crippen LogP contribution is 2.18. The van der Waals surface area contributed by atoms with E-state index in [1.54, 1.807) is 0 Å². The summed E-state index contributed by atoms with van der Waals surface area (Å²) in [6.07, 6.45) is 0. The molecule has 3 aromatic rings. The quantitative estimate of drug-likeness (QED) is 0.735. The number of H-pyrrole nitrogens is 1. The van der Waals surface area contributed by atoms with E-state index in [1.165, 1.54) is 0 Å². The summed E-state index contributed by atoms with van der Waals surface area (Å²) in [6.45, 7) is 0.309. The van der Waals surface area contributed by atoms with E-state index in [-0.39, 0.29) is 0 Å². The number of nitrogens with one attached hydrogen (secondary N) is 1. The number of hydrogen-bond acceptors (Lipinski definition) is 3. The zero-order chi connectivity index (χ0) is 14.7. The Morgan fingerprint density at radius 1 is 1.14 bits per heavy atom. The summed E-state index contributed by atoms with van der Waals surface area (Å²) in [6, 6.07) is 17.0. The molecule has 0 saturated carbocycles. The summed E-state index contributed by atoms with van der Waals surface area (Å²) in [5.74, 6) is 1.47. The van der Waals surface area contributed by atoms with Gasteiger partial charge in [-0.25, -0.2) is 0 Å². The number of halogens is 1. The first-order valence-electron chi connectivity index (χ1n) is 6.34. The van der Waals surface area contributed by atoms with Gasteiger partial charge in [0.2, 0.25) is 0 Å². The summed E-state index contributed by atoms with van der Waals surface area (Å²) < 4.78 is 8.03. The van der Waals surface area contributed by atoms with E-state index in [4.69, 9.17) is 28.6 Å². The van der Waals surface area contributed by atoms with Crippen LogP contribution in [0.15, 0.2) is 54.6 Å². The topological polar surface area (TPSA) is 42.8 Å². The second-order valence-electron chi connectivity index (χ2n) is 4.36. The first-order valence-corrected chi connectivity index (χ1v) is 7.13. The molecule has 6 heteroatoms. The molecular weight excluding hydrogens is 306 g/mol. The number of benzene rings is 2. The second-order valence-corrected chi connectivity index (χ2v) is 5.19. The molecule has 1 aromatic heterocycles. The Bertz CT molecular complexity index is 798. The van der Waals surface area contributed by atoms with Crippen LogP contribution in [0.3, 0.4) is 0 Å². The SMILES string of the molecule is S=c1[nH]nc(COc2ccccc2)n1-c1cccc(Cl)c1. The third-order valence-corrected chi connectivity index (χ3v) is 3.43. The monoisotopic (exact) mass is 317 g/mol. The third-order valence-electron chi connectivity index (χ3n) is 2.92. The van der Waals surface area contributed by atoms with Crippen molar-refractivity contribution in [3.8, 4) is 11.4 Å². The molecule has 0 fully saturated rings. The summed E-state index contributed by atoms with van der Waals surface area (Å²) in [5, 5.41) is 7.64. The Labute approximate surface area is 132 Å². The van der Waals surface area contributed by atoms with Crippen molar-refractivity contribution in [2.45, 2.75) is 6.61 Å². The van der Waals surface area contributed by atoms with Gasteiger partial charge in [-0.3, -0.25) is 9.67 Å². The predicted octanol–water partition coefficient (Wildman–Crippen LogP) is 4.16. The number of hydrogen-bond donors (Lipinski definition) is 1. The molecule has 0 aliphatic heterocycles. The molecule has 0 aliphatic rings. The Kier molecular flexibility index (Phi) is 4.03. The largest absolute Gasteiger partial charge is 0.486 e. The number of rotatable bonds is 4. The first-order chi connectivity index (χ1) is 10.2. The van der Waals surface area contributed by atoms with Gasteiger partial charge >= 0.3 is 0 Å². The lowest BCUT2D eigenvalue weighted by molar-refractivity contribution is 0.293. The number of para-hydroxylation sites is 1. The van der Waals surface area contributed by atoms with Gasteiger partial charge in [0.05, 0.1) is 5.69 Å². The second kappa shape index (κ2) is 6.11. The molecule has 1 heterocycles. The van der Waals surface area contributed by atoms with Crippen LogP contribution < -0.4 is 4.74 Å². The fraction of sp³-hybridized carbons (Fsp3) is 0.0667. The molecule has 106 valence electrons. The molecule has 21 heavy (non-hydrogen) atoms. The van der Waals surface area contributed by atoms with Crippen LogP contribution in [0.2, 0.25) is 5.02 Å². The lowest BCUT2D eigenvalue weighted by Crippen LogP contribution is -2.05. The minimum atomic E-state index is 0.309. The minimum Gasteiger partial charge on any atom is -0.486 e. The Balaban J connectivity index is 1.89. The molecule has 3 rings (SSSR count). The van der Waals surface area contributed by atoms with E-state index in [9.17, 15) is 0 Å². The lowest BCUT2D eigenvalue weighted by atomic mass is 10.3. The summed E-state index contributed by atoms with van der Waals surface area (Å²) in [5.41, 5.74) is 0.855. The van der Waals surface area contributed by atoms with E-state index in [1.807, 2.05) is 59.2 Å². The Hall–Kier alpha value is -2.11. The Morgan fingerprint density at radius 2 is 1.95 bits per heavy atom. The number of aromatic amines is 1. The van der Waals surface area contributed by atoms with Crippen molar-refractivity contribution in [3.63, 3.8) is 0 Å². The van der Waals surface area contributed by atoms with Crippen LogP contribution >= 0.6 is 23.8 Å². The van der Waals surface area contributed by atoms with Crippen molar-refractivity contribution in [1.29, 1.82) is 0 Å². The van der Waals surface area contributed by atoms with Gasteiger partial charge in [0, 0.05) is 5.02 Å². The average molecular weight is 318 g/mol. The highest BCUT2D eigenvalue weighted by Gasteiger charge is 2.09. The highest BCUT2D eigenvalue weighted by molar-refractivity contribution is 7.71. The first kappa shape index (κ1) is 13.9. The van der Waals surface area contributed by atoms with Crippen molar-refractivity contribution in [2.24, 2.45) is 0 Å². The van der Waals surface area contributed by atoms with Crippen molar-refractivity contribution in [1.82, 2.24) is 14.8 Å². The number of nitrogens with zero attached hydrogens (tertiary/aromatic N) is 2. The molecule has 2 aromatic carbocycles. The van der Waals surface area contributed by atoms with Crippen LogP contribution in [0.5, 0.6) is 5.75 Å². The van der Waals surface area contributed by atoms with E-state index >= 15 is 0 Å². The van der Waals surface area contributed by atoms with Gasteiger partial charge in [-0.1, -0.05) is 35.9 Å². The average Bonchev–Trinajstić information content (AvgIpc) is 2.87. The van der Waals surface area contributed by atoms with Crippen LogP contribution in [0.1, 0.15) is 5.82 Å². The lowest BCUT2D eigenvalue weighted by Gasteiger charge is -2.08. The maximum absolute atomic E-state index is 6.03. The fourth-order valence-corrected chi connectivity index (χ4v) is 2.41. The van der Waals surface area contributed by atoms with Crippen LogP contribution in [0.4, 0.5) is 0 Å². The van der Waals surface area contributed by atoms with E-state index in [0.29, 0.717) is 22.2 Å².